The van der Waals surface area contributed by atoms with Gasteiger partial charge in [0.25, 0.3) is 5.56 Å². The van der Waals surface area contributed by atoms with E-state index < -0.39 is 15.4 Å². The Morgan fingerprint density at radius 1 is 1.15 bits per heavy atom. The van der Waals surface area contributed by atoms with Crippen LogP contribution in [0.4, 0.5) is 0 Å². The SMILES string of the molecule is O=C(Cn1nc(S(=O)(=O)c2ccc(Br)cc2)ccc1=O)NC1CCCC1. The summed E-state index contributed by atoms with van der Waals surface area (Å²) in [6.07, 6.45) is 3.99. The summed E-state index contributed by atoms with van der Waals surface area (Å²) in [5.74, 6) is -0.343. The van der Waals surface area contributed by atoms with Crippen LogP contribution < -0.4 is 10.9 Å². The quantitative estimate of drug-likeness (QED) is 0.766. The Kier molecular flexibility index (Phi) is 5.57. The maximum Gasteiger partial charge on any atom is 0.267 e. The fraction of sp³-hybridized carbons (Fsp3) is 0.353. The van der Waals surface area contributed by atoms with E-state index >= 15 is 0 Å². The number of nitrogens with zero attached hydrogens (tertiary/aromatic N) is 2. The Bertz CT molecular complexity index is 964. The van der Waals surface area contributed by atoms with Crippen molar-refractivity contribution in [2.75, 3.05) is 0 Å². The molecule has 0 bridgehead atoms. The molecule has 1 N–H and O–H groups in total. The third kappa shape index (κ3) is 4.21. The van der Waals surface area contributed by atoms with Crippen LogP contribution in [0.25, 0.3) is 0 Å². The monoisotopic (exact) mass is 439 g/mol. The van der Waals surface area contributed by atoms with Crippen molar-refractivity contribution in [3.8, 4) is 0 Å². The smallest absolute Gasteiger partial charge is 0.267 e. The van der Waals surface area contributed by atoms with Gasteiger partial charge in [-0.25, -0.2) is 13.1 Å². The van der Waals surface area contributed by atoms with Gasteiger partial charge in [-0.05, 0) is 43.2 Å². The van der Waals surface area contributed by atoms with Crippen molar-refractivity contribution in [1.82, 2.24) is 15.1 Å². The number of halogens is 1. The van der Waals surface area contributed by atoms with E-state index in [0.717, 1.165) is 47.0 Å². The standard InChI is InChI=1S/C17H18BrN3O4S/c18-12-5-7-14(8-6-12)26(24,25)16-9-10-17(23)21(20-16)11-15(22)19-13-3-1-2-4-13/h5-10,13H,1-4,11H2,(H,19,22). The first kappa shape index (κ1) is 18.8. The van der Waals surface area contributed by atoms with E-state index in [2.05, 4.69) is 26.3 Å². The molecular formula is C17H18BrN3O4S. The molecule has 1 saturated carbocycles. The molecule has 1 fully saturated rings. The summed E-state index contributed by atoms with van der Waals surface area (Å²) in [7, 11) is -3.88. The van der Waals surface area contributed by atoms with Crippen LogP contribution in [0.2, 0.25) is 0 Å². The van der Waals surface area contributed by atoms with Crippen LogP contribution in [0.3, 0.4) is 0 Å². The lowest BCUT2D eigenvalue weighted by atomic mass is 10.2. The Labute approximate surface area is 159 Å². The van der Waals surface area contributed by atoms with Crippen LogP contribution in [-0.4, -0.2) is 30.1 Å². The van der Waals surface area contributed by atoms with Crippen molar-refractivity contribution in [2.45, 2.75) is 48.2 Å². The number of hydrogen-bond acceptors (Lipinski definition) is 5. The maximum atomic E-state index is 12.7. The highest BCUT2D eigenvalue weighted by molar-refractivity contribution is 9.10. The fourth-order valence-corrected chi connectivity index (χ4v) is 4.35. The van der Waals surface area contributed by atoms with Crippen LogP contribution in [0.1, 0.15) is 25.7 Å². The van der Waals surface area contributed by atoms with Gasteiger partial charge in [0.15, 0.2) is 5.03 Å². The summed E-state index contributed by atoms with van der Waals surface area (Å²) in [5, 5.41) is 6.49. The first-order valence-electron chi connectivity index (χ1n) is 8.24. The van der Waals surface area contributed by atoms with Crippen molar-refractivity contribution in [3.05, 3.63) is 51.2 Å². The summed E-state index contributed by atoms with van der Waals surface area (Å²) in [4.78, 5) is 24.2. The van der Waals surface area contributed by atoms with Crippen molar-refractivity contribution in [3.63, 3.8) is 0 Å². The molecule has 1 aliphatic carbocycles. The third-order valence-corrected chi connectivity index (χ3v) is 6.44. The van der Waals surface area contributed by atoms with Crippen molar-refractivity contribution in [2.24, 2.45) is 0 Å². The molecule has 7 nitrogen and oxygen atoms in total. The Morgan fingerprint density at radius 3 is 2.46 bits per heavy atom. The lowest BCUT2D eigenvalue weighted by molar-refractivity contribution is -0.122. The van der Waals surface area contributed by atoms with Gasteiger partial charge < -0.3 is 5.32 Å². The number of carbonyl (C=O) groups excluding carboxylic acids is 1. The van der Waals surface area contributed by atoms with Gasteiger partial charge >= 0.3 is 0 Å². The molecule has 3 rings (SSSR count). The molecule has 1 aromatic heterocycles. The molecule has 0 radical (unpaired) electrons. The van der Waals surface area contributed by atoms with Gasteiger partial charge in [0, 0.05) is 16.6 Å². The zero-order chi connectivity index (χ0) is 18.7. The molecule has 1 aliphatic rings. The van der Waals surface area contributed by atoms with Gasteiger partial charge in [0.2, 0.25) is 15.7 Å². The molecule has 1 amide bonds. The zero-order valence-corrected chi connectivity index (χ0v) is 16.3. The van der Waals surface area contributed by atoms with Gasteiger partial charge in [0.05, 0.1) is 4.90 Å². The number of nitrogens with one attached hydrogen (secondary N) is 1. The first-order valence-corrected chi connectivity index (χ1v) is 10.5. The van der Waals surface area contributed by atoms with E-state index in [4.69, 9.17) is 0 Å². The van der Waals surface area contributed by atoms with Crippen molar-refractivity contribution >= 4 is 31.7 Å². The minimum atomic E-state index is -3.88. The molecule has 26 heavy (non-hydrogen) atoms. The number of hydrogen-bond donors (Lipinski definition) is 1. The first-order chi connectivity index (χ1) is 12.4. The summed E-state index contributed by atoms with van der Waals surface area (Å²) in [6.45, 7) is -0.307. The largest absolute Gasteiger partial charge is 0.352 e. The highest BCUT2D eigenvalue weighted by atomic mass is 79.9. The molecule has 0 unspecified atom stereocenters. The van der Waals surface area contributed by atoms with E-state index in [9.17, 15) is 18.0 Å². The van der Waals surface area contributed by atoms with Crippen molar-refractivity contribution in [1.29, 1.82) is 0 Å². The molecule has 9 heteroatoms. The Hall–Kier alpha value is -2.00. The molecule has 138 valence electrons. The summed E-state index contributed by atoms with van der Waals surface area (Å²) < 4.78 is 27.0. The van der Waals surface area contributed by atoms with Crippen LogP contribution in [0, 0.1) is 0 Å². The van der Waals surface area contributed by atoms with Gasteiger partial charge in [0.1, 0.15) is 6.54 Å². The highest BCUT2D eigenvalue weighted by Gasteiger charge is 2.22. The molecule has 0 atom stereocenters. The Morgan fingerprint density at radius 2 is 1.81 bits per heavy atom. The van der Waals surface area contributed by atoms with Gasteiger partial charge in [-0.1, -0.05) is 28.8 Å². The normalized spacial score (nSPS) is 15.1. The average Bonchev–Trinajstić information content (AvgIpc) is 3.10. The number of amides is 1. The predicted octanol–water partition coefficient (Wildman–Crippen LogP) is 1.90. The lowest BCUT2D eigenvalue weighted by Gasteiger charge is -2.12. The molecule has 0 saturated heterocycles. The Balaban J connectivity index is 1.83. The lowest BCUT2D eigenvalue weighted by Crippen LogP contribution is -2.38. The second-order valence-corrected chi connectivity index (χ2v) is 8.99. The van der Waals surface area contributed by atoms with Crippen LogP contribution in [-0.2, 0) is 21.2 Å². The molecule has 0 aliphatic heterocycles. The summed E-state index contributed by atoms with van der Waals surface area (Å²) in [5.41, 5.74) is -0.527. The second kappa shape index (κ2) is 7.71. The van der Waals surface area contributed by atoms with Crippen LogP contribution >= 0.6 is 15.9 Å². The molecule has 2 aromatic rings. The van der Waals surface area contributed by atoms with Crippen LogP contribution in [0.5, 0.6) is 0 Å². The average molecular weight is 440 g/mol. The number of aromatic nitrogens is 2. The van der Waals surface area contributed by atoms with E-state index in [1.54, 1.807) is 12.1 Å². The number of sulfone groups is 1. The summed E-state index contributed by atoms with van der Waals surface area (Å²) >= 11 is 3.25. The van der Waals surface area contributed by atoms with E-state index in [1.807, 2.05) is 0 Å². The van der Waals surface area contributed by atoms with Gasteiger partial charge in [-0.2, -0.15) is 5.10 Å². The third-order valence-electron chi connectivity index (χ3n) is 4.26. The van der Waals surface area contributed by atoms with Gasteiger partial charge in [-0.3, -0.25) is 9.59 Å². The molecule has 0 spiro atoms. The van der Waals surface area contributed by atoms with E-state index in [0.29, 0.717) is 0 Å². The van der Waals surface area contributed by atoms with E-state index in [1.165, 1.54) is 12.1 Å². The molecule has 1 heterocycles. The minimum Gasteiger partial charge on any atom is -0.352 e. The molecular weight excluding hydrogens is 422 g/mol. The van der Waals surface area contributed by atoms with Crippen LogP contribution in [0.15, 0.2) is 55.6 Å². The van der Waals surface area contributed by atoms with Gasteiger partial charge in [-0.15, -0.1) is 0 Å². The maximum absolute atomic E-state index is 12.7. The zero-order valence-electron chi connectivity index (χ0n) is 13.9. The predicted molar refractivity (Wildman–Crippen MR) is 98.5 cm³/mol. The fourth-order valence-electron chi connectivity index (χ4n) is 2.90. The second-order valence-electron chi connectivity index (χ2n) is 6.17. The minimum absolute atomic E-state index is 0.0637. The number of rotatable bonds is 5. The van der Waals surface area contributed by atoms with E-state index in [-0.39, 0.29) is 28.4 Å². The number of benzene rings is 1. The summed E-state index contributed by atoms with van der Waals surface area (Å²) in [6, 6.07) is 8.50. The number of carbonyl (C=O) groups is 1. The topological polar surface area (TPSA) is 98.1 Å². The van der Waals surface area contributed by atoms with Crippen molar-refractivity contribution < 1.29 is 13.2 Å². The highest BCUT2D eigenvalue weighted by Crippen LogP contribution is 2.20. The molecule has 1 aromatic carbocycles.